The van der Waals surface area contributed by atoms with Gasteiger partial charge in [0.15, 0.2) is 0 Å². The Balaban J connectivity index is 2.59. The van der Waals surface area contributed by atoms with E-state index in [1.807, 2.05) is 12.1 Å². The molecule has 0 aromatic heterocycles. The summed E-state index contributed by atoms with van der Waals surface area (Å²) in [6, 6.07) is 8.27. The molecule has 2 nitrogen and oxygen atoms in total. The van der Waals surface area contributed by atoms with Crippen LogP contribution in [0.15, 0.2) is 24.3 Å². The standard InChI is InChI=1S/C14H21NO/c1-4-8-15-14(16)10-12-6-5-7-13(9-12)11(2)3/h5-7,9,11H,4,8,10H2,1-3H3,(H,15,16). The second-order valence-corrected chi connectivity index (χ2v) is 4.43. The minimum absolute atomic E-state index is 0.114. The molecule has 1 rings (SSSR count). The van der Waals surface area contributed by atoms with Gasteiger partial charge in [-0.15, -0.1) is 0 Å². The van der Waals surface area contributed by atoms with Gasteiger partial charge in [-0.05, 0) is 23.5 Å². The van der Waals surface area contributed by atoms with Crippen LogP contribution in [-0.4, -0.2) is 12.5 Å². The fourth-order valence-corrected chi connectivity index (χ4v) is 1.57. The number of benzene rings is 1. The second kappa shape index (κ2) is 6.31. The van der Waals surface area contributed by atoms with Crippen LogP contribution in [0.25, 0.3) is 0 Å². The lowest BCUT2D eigenvalue weighted by molar-refractivity contribution is -0.120. The van der Waals surface area contributed by atoms with Crippen LogP contribution in [0.4, 0.5) is 0 Å². The molecule has 1 N–H and O–H groups in total. The van der Waals surface area contributed by atoms with Gasteiger partial charge in [-0.3, -0.25) is 4.79 Å². The van der Waals surface area contributed by atoms with E-state index in [2.05, 4.69) is 38.2 Å². The monoisotopic (exact) mass is 219 g/mol. The molecule has 0 fully saturated rings. The first kappa shape index (κ1) is 12.8. The largest absolute Gasteiger partial charge is 0.356 e. The van der Waals surface area contributed by atoms with Crippen LogP contribution in [0, 0.1) is 0 Å². The Labute approximate surface area is 98.1 Å². The van der Waals surface area contributed by atoms with Crippen LogP contribution in [0.5, 0.6) is 0 Å². The van der Waals surface area contributed by atoms with E-state index in [0.29, 0.717) is 12.3 Å². The molecular weight excluding hydrogens is 198 g/mol. The van der Waals surface area contributed by atoms with E-state index >= 15 is 0 Å². The number of hydrogen-bond donors (Lipinski definition) is 1. The summed E-state index contributed by atoms with van der Waals surface area (Å²) in [6.07, 6.45) is 1.47. The molecule has 1 amide bonds. The third kappa shape index (κ3) is 4.05. The average molecular weight is 219 g/mol. The lowest BCUT2D eigenvalue weighted by Gasteiger charge is -2.08. The molecule has 1 aromatic carbocycles. The predicted molar refractivity (Wildman–Crippen MR) is 67.5 cm³/mol. The molecule has 0 unspecified atom stereocenters. The van der Waals surface area contributed by atoms with Crippen LogP contribution in [0.3, 0.4) is 0 Å². The Morgan fingerprint density at radius 2 is 2.12 bits per heavy atom. The number of carbonyl (C=O) groups excluding carboxylic acids is 1. The Morgan fingerprint density at radius 3 is 2.75 bits per heavy atom. The molecule has 0 radical (unpaired) electrons. The SMILES string of the molecule is CCCNC(=O)Cc1cccc(C(C)C)c1. The lowest BCUT2D eigenvalue weighted by atomic mass is 10.00. The van der Waals surface area contributed by atoms with E-state index in [1.165, 1.54) is 5.56 Å². The van der Waals surface area contributed by atoms with Crippen molar-refractivity contribution in [2.75, 3.05) is 6.54 Å². The number of hydrogen-bond acceptors (Lipinski definition) is 1. The lowest BCUT2D eigenvalue weighted by Crippen LogP contribution is -2.25. The zero-order valence-corrected chi connectivity index (χ0v) is 10.4. The van der Waals surface area contributed by atoms with Gasteiger partial charge in [0.25, 0.3) is 0 Å². The summed E-state index contributed by atoms with van der Waals surface area (Å²) < 4.78 is 0. The van der Waals surface area contributed by atoms with Crippen molar-refractivity contribution in [3.8, 4) is 0 Å². The summed E-state index contributed by atoms with van der Waals surface area (Å²) in [5, 5.41) is 2.89. The molecule has 88 valence electrons. The highest BCUT2D eigenvalue weighted by molar-refractivity contribution is 5.78. The molecule has 0 aliphatic rings. The number of nitrogens with one attached hydrogen (secondary N) is 1. The second-order valence-electron chi connectivity index (χ2n) is 4.43. The summed E-state index contributed by atoms with van der Waals surface area (Å²) in [6.45, 7) is 7.15. The summed E-state index contributed by atoms with van der Waals surface area (Å²) >= 11 is 0. The van der Waals surface area contributed by atoms with Crippen molar-refractivity contribution < 1.29 is 4.79 Å². The maximum atomic E-state index is 11.5. The summed E-state index contributed by atoms with van der Waals surface area (Å²) in [5.74, 6) is 0.626. The summed E-state index contributed by atoms with van der Waals surface area (Å²) in [4.78, 5) is 11.5. The van der Waals surface area contributed by atoms with Gasteiger partial charge < -0.3 is 5.32 Å². The van der Waals surface area contributed by atoms with Crippen molar-refractivity contribution in [3.05, 3.63) is 35.4 Å². The number of amides is 1. The van der Waals surface area contributed by atoms with Gasteiger partial charge in [0.1, 0.15) is 0 Å². The van der Waals surface area contributed by atoms with Gasteiger partial charge in [0, 0.05) is 6.54 Å². The molecule has 0 aliphatic heterocycles. The van der Waals surface area contributed by atoms with E-state index in [-0.39, 0.29) is 5.91 Å². The molecule has 0 aliphatic carbocycles. The van der Waals surface area contributed by atoms with Crippen molar-refractivity contribution in [3.63, 3.8) is 0 Å². The first-order valence-corrected chi connectivity index (χ1v) is 5.99. The number of rotatable bonds is 5. The minimum Gasteiger partial charge on any atom is -0.356 e. The molecule has 16 heavy (non-hydrogen) atoms. The van der Waals surface area contributed by atoms with Crippen molar-refractivity contribution in [2.24, 2.45) is 0 Å². The smallest absolute Gasteiger partial charge is 0.224 e. The van der Waals surface area contributed by atoms with E-state index in [4.69, 9.17) is 0 Å². The van der Waals surface area contributed by atoms with Crippen LogP contribution in [0.1, 0.15) is 44.2 Å². The first-order chi connectivity index (χ1) is 7.63. The number of carbonyl (C=O) groups is 1. The fraction of sp³-hybridized carbons (Fsp3) is 0.500. The van der Waals surface area contributed by atoms with E-state index in [0.717, 1.165) is 18.5 Å². The van der Waals surface area contributed by atoms with Crippen molar-refractivity contribution in [2.45, 2.75) is 39.5 Å². The summed E-state index contributed by atoms with van der Waals surface area (Å²) in [7, 11) is 0. The van der Waals surface area contributed by atoms with Crippen LogP contribution >= 0.6 is 0 Å². The third-order valence-electron chi connectivity index (χ3n) is 2.55. The molecule has 0 spiro atoms. The Kier molecular flexibility index (Phi) is 5.03. The van der Waals surface area contributed by atoms with Gasteiger partial charge in [-0.2, -0.15) is 0 Å². The fourth-order valence-electron chi connectivity index (χ4n) is 1.57. The molecule has 0 atom stereocenters. The highest BCUT2D eigenvalue weighted by atomic mass is 16.1. The van der Waals surface area contributed by atoms with Gasteiger partial charge in [0.2, 0.25) is 5.91 Å². The Morgan fingerprint density at radius 1 is 1.38 bits per heavy atom. The van der Waals surface area contributed by atoms with Crippen molar-refractivity contribution >= 4 is 5.91 Å². The molecule has 0 bridgehead atoms. The van der Waals surface area contributed by atoms with Gasteiger partial charge in [-0.1, -0.05) is 45.0 Å². The van der Waals surface area contributed by atoms with Crippen LogP contribution in [-0.2, 0) is 11.2 Å². The van der Waals surface area contributed by atoms with Crippen molar-refractivity contribution in [1.82, 2.24) is 5.32 Å². The molecule has 0 saturated heterocycles. The maximum absolute atomic E-state index is 11.5. The maximum Gasteiger partial charge on any atom is 0.224 e. The Hall–Kier alpha value is -1.31. The van der Waals surface area contributed by atoms with Crippen LogP contribution in [0.2, 0.25) is 0 Å². The zero-order chi connectivity index (χ0) is 12.0. The van der Waals surface area contributed by atoms with Gasteiger partial charge in [0.05, 0.1) is 6.42 Å². The van der Waals surface area contributed by atoms with E-state index in [1.54, 1.807) is 0 Å². The highest BCUT2D eigenvalue weighted by Gasteiger charge is 2.04. The zero-order valence-electron chi connectivity index (χ0n) is 10.4. The quantitative estimate of drug-likeness (QED) is 0.810. The molecule has 0 saturated carbocycles. The van der Waals surface area contributed by atoms with Crippen LogP contribution < -0.4 is 5.32 Å². The van der Waals surface area contributed by atoms with Gasteiger partial charge >= 0.3 is 0 Å². The first-order valence-electron chi connectivity index (χ1n) is 5.99. The minimum atomic E-state index is 0.114. The third-order valence-corrected chi connectivity index (χ3v) is 2.55. The van der Waals surface area contributed by atoms with E-state index in [9.17, 15) is 4.79 Å². The summed E-state index contributed by atoms with van der Waals surface area (Å²) in [5.41, 5.74) is 2.39. The topological polar surface area (TPSA) is 29.1 Å². The molecule has 2 heteroatoms. The highest BCUT2D eigenvalue weighted by Crippen LogP contribution is 2.15. The molecule has 0 heterocycles. The van der Waals surface area contributed by atoms with Crippen molar-refractivity contribution in [1.29, 1.82) is 0 Å². The molecule has 1 aromatic rings. The van der Waals surface area contributed by atoms with Gasteiger partial charge in [-0.25, -0.2) is 0 Å². The predicted octanol–water partition coefficient (Wildman–Crippen LogP) is 2.88. The molecular formula is C14H21NO. The van der Waals surface area contributed by atoms with E-state index < -0.39 is 0 Å². The Bertz CT molecular complexity index is 344. The normalized spacial score (nSPS) is 10.5. The average Bonchev–Trinajstić information content (AvgIpc) is 2.26.